The smallest absolute Gasteiger partial charge is 0.207 e. The van der Waals surface area contributed by atoms with Crippen LogP contribution in [0.4, 0.5) is 21.7 Å². The van der Waals surface area contributed by atoms with Crippen LogP contribution in [0.15, 0.2) is 33.6 Å². The van der Waals surface area contributed by atoms with Gasteiger partial charge in [0.25, 0.3) is 0 Å². The molecule has 1 N–H and O–H groups in total. The molecule has 8 nitrogen and oxygen atoms in total. The van der Waals surface area contributed by atoms with E-state index in [1.165, 1.54) is 17.4 Å². The summed E-state index contributed by atoms with van der Waals surface area (Å²) in [6, 6.07) is -0.330. The molecule has 2 rings (SSSR count). The summed E-state index contributed by atoms with van der Waals surface area (Å²) in [5, 5.41) is 18.9. The molecule has 0 amide bonds. The van der Waals surface area contributed by atoms with Crippen molar-refractivity contribution in [2.24, 2.45) is 15.3 Å². The first-order chi connectivity index (χ1) is 10.4. The summed E-state index contributed by atoms with van der Waals surface area (Å²) < 4.78 is 13.4. The highest BCUT2D eigenvalue weighted by atomic mass is 19.1. The highest BCUT2D eigenvalue weighted by Gasteiger charge is 2.29. The van der Waals surface area contributed by atoms with Gasteiger partial charge in [-0.25, -0.2) is 14.4 Å². The Kier molecular flexibility index (Phi) is 4.76. The number of aliphatic imine (C=N–C) groups is 1. The van der Waals surface area contributed by atoms with Crippen molar-refractivity contribution >= 4 is 24.0 Å². The predicted octanol–water partition coefficient (Wildman–Crippen LogP) is 1.79. The topological polar surface area (TPSA) is 89.6 Å². The summed E-state index contributed by atoms with van der Waals surface area (Å²) in [6.07, 6.45) is 1.86. The Morgan fingerprint density at radius 1 is 1.36 bits per heavy atom. The van der Waals surface area contributed by atoms with Gasteiger partial charge in [0.15, 0.2) is 11.5 Å². The monoisotopic (exact) mass is 307 g/mol. The van der Waals surface area contributed by atoms with Gasteiger partial charge in [0.05, 0.1) is 6.04 Å². The van der Waals surface area contributed by atoms with E-state index < -0.39 is 11.9 Å². The third-order valence-corrected chi connectivity index (χ3v) is 3.23. The molecule has 1 heterocycles. The van der Waals surface area contributed by atoms with Crippen LogP contribution in [-0.4, -0.2) is 60.1 Å². The molecule has 0 radical (unpaired) electrons. The molecule has 0 saturated heterocycles. The van der Waals surface area contributed by atoms with E-state index in [2.05, 4.69) is 32.0 Å². The van der Waals surface area contributed by atoms with E-state index in [0.29, 0.717) is 11.5 Å². The zero-order valence-corrected chi connectivity index (χ0v) is 12.7. The summed E-state index contributed by atoms with van der Waals surface area (Å²) in [5.41, 5.74) is 0.353. The molecule has 0 spiro atoms. The van der Waals surface area contributed by atoms with Crippen LogP contribution in [0.5, 0.6) is 0 Å². The number of likely N-dealkylation sites (N-methyl/N-ethyl adjacent to an activating group) is 1. The number of aliphatic hydroxyl groups is 1. The number of aromatic nitrogens is 2. The molecule has 118 valence electrons. The van der Waals surface area contributed by atoms with Crippen LogP contribution in [0.2, 0.25) is 0 Å². The first kappa shape index (κ1) is 16.0. The molecule has 1 aromatic rings. The molecular formula is C13H18FN7O. The highest BCUT2D eigenvalue weighted by molar-refractivity contribution is 5.74. The molecule has 1 aliphatic carbocycles. The van der Waals surface area contributed by atoms with E-state index in [4.69, 9.17) is 0 Å². The standard InChI is InChI=1S/C13H18FN7O/c1-15-11-12(18-19-20(2)3)16-7-17-13(11)21(4)8-5-9(14)10(22)6-8/h5,7-8,10,22H,1,6H2,2-4H3/t8-,10+/m1/s1. The van der Waals surface area contributed by atoms with Crippen LogP contribution in [0.3, 0.4) is 0 Å². The molecule has 0 saturated carbocycles. The second-order valence-electron chi connectivity index (χ2n) is 5.05. The van der Waals surface area contributed by atoms with Crippen molar-refractivity contribution in [3.63, 3.8) is 0 Å². The molecule has 0 fully saturated rings. The number of aliphatic hydroxyl groups excluding tert-OH is 1. The fraction of sp³-hybridized carbons (Fsp3) is 0.462. The van der Waals surface area contributed by atoms with Crippen LogP contribution < -0.4 is 4.90 Å². The average molecular weight is 307 g/mol. The largest absolute Gasteiger partial charge is 0.386 e. The van der Waals surface area contributed by atoms with Crippen molar-refractivity contribution < 1.29 is 9.50 Å². The number of hydrogen-bond acceptors (Lipinski definition) is 7. The lowest BCUT2D eigenvalue weighted by molar-refractivity contribution is 0.182. The second-order valence-corrected chi connectivity index (χ2v) is 5.05. The quantitative estimate of drug-likeness (QED) is 0.509. The second kappa shape index (κ2) is 6.56. The number of halogens is 1. The van der Waals surface area contributed by atoms with E-state index in [1.807, 2.05) is 0 Å². The Bertz CT molecular complexity index is 616. The number of hydrogen-bond donors (Lipinski definition) is 1. The summed E-state index contributed by atoms with van der Waals surface area (Å²) in [6.45, 7) is 3.51. The Morgan fingerprint density at radius 2 is 2.09 bits per heavy atom. The number of rotatable bonds is 5. The van der Waals surface area contributed by atoms with E-state index in [0.717, 1.165) is 0 Å². The normalized spacial score (nSPS) is 21.0. The third kappa shape index (κ3) is 3.25. The summed E-state index contributed by atoms with van der Waals surface area (Å²) in [7, 11) is 5.19. The molecular weight excluding hydrogens is 289 g/mol. The first-order valence-electron chi connectivity index (χ1n) is 6.62. The maximum Gasteiger partial charge on any atom is 0.207 e. The zero-order valence-electron chi connectivity index (χ0n) is 12.7. The molecule has 0 unspecified atom stereocenters. The van der Waals surface area contributed by atoms with Gasteiger partial charge in [0, 0.05) is 27.6 Å². The Hall–Kier alpha value is -2.42. The molecule has 0 aromatic carbocycles. The van der Waals surface area contributed by atoms with Crippen molar-refractivity contribution in [3.05, 3.63) is 18.2 Å². The fourth-order valence-corrected chi connectivity index (χ4v) is 2.10. The maximum atomic E-state index is 13.4. The van der Waals surface area contributed by atoms with Crippen molar-refractivity contribution in [2.45, 2.75) is 18.6 Å². The van der Waals surface area contributed by atoms with Gasteiger partial charge in [-0.15, -0.1) is 5.11 Å². The van der Waals surface area contributed by atoms with Crippen molar-refractivity contribution in [1.82, 2.24) is 15.0 Å². The van der Waals surface area contributed by atoms with Gasteiger partial charge < -0.3 is 10.0 Å². The zero-order chi connectivity index (χ0) is 16.3. The lowest BCUT2D eigenvalue weighted by Gasteiger charge is -2.25. The van der Waals surface area contributed by atoms with E-state index in [1.54, 1.807) is 26.0 Å². The van der Waals surface area contributed by atoms with Gasteiger partial charge in [-0.1, -0.05) is 5.22 Å². The molecule has 1 aromatic heterocycles. The van der Waals surface area contributed by atoms with Gasteiger partial charge in [0.1, 0.15) is 18.3 Å². The highest BCUT2D eigenvalue weighted by Crippen LogP contribution is 2.36. The van der Waals surface area contributed by atoms with E-state index >= 15 is 0 Å². The predicted molar refractivity (Wildman–Crippen MR) is 81.4 cm³/mol. The SMILES string of the molecule is C=Nc1c(N=NN(C)C)ncnc1N(C)[C@@H]1C=C(F)[C@@H](O)C1. The summed E-state index contributed by atoms with van der Waals surface area (Å²) >= 11 is 0. The van der Waals surface area contributed by atoms with Crippen molar-refractivity contribution in [2.75, 3.05) is 26.0 Å². The van der Waals surface area contributed by atoms with Gasteiger partial charge in [-0.05, 0) is 12.8 Å². The molecule has 0 aliphatic heterocycles. The summed E-state index contributed by atoms with van der Waals surface area (Å²) in [5.74, 6) is 0.177. The number of anilines is 1. The van der Waals surface area contributed by atoms with Crippen molar-refractivity contribution in [1.29, 1.82) is 0 Å². The Balaban J connectivity index is 2.35. The van der Waals surface area contributed by atoms with Crippen LogP contribution >= 0.6 is 0 Å². The minimum atomic E-state index is -1.08. The van der Waals surface area contributed by atoms with Crippen LogP contribution in [0.1, 0.15) is 6.42 Å². The van der Waals surface area contributed by atoms with Gasteiger partial charge in [0.2, 0.25) is 5.82 Å². The minimum Gasteiger partial charge on any atom is -0.386 e. The average Bonchev–Trinajstić information content (AvgIpc) is 2.83. The Labute approximate surface area is 127 Å². The molecule has 9 heteroatoms. The maximum absolute atomic E-state index is 13.4. The van der Waals surface area contributed by atoms with Crippen LogP contribution in [0.25, 0.3) is 0 Å². The molecule has 0 bridgehead atoms. The Morgan fingerprint density at radius 3 is 2.64 bits per heavy atom. The van der Waals surface area contributed by atoms with Gasteiger partial charge in [-0.3, -0.25) is 10.0 Å². The van der Waals surface area contributed by atoms with E-state index in [-0.39, 0.29) is 18.3 Å². The molecule has 22 heavy (non-hydrogen) atoms. The number of nitrogens with zero attached hydrogens (tertiary/aromatic N) is 7. The lowest BCUT2D eigenvalue weighted by Crippen LogP contribution is -2.30. The van der Waals surface area contributed by atoms with Gasteiger partial charge >= 0.3 is 0 Å². The minimum absolute atomic E-state index is 0.247. The molecule has 1 aliphatic rings. The summed E-state index contributed by atoms with van der Waals surface area (Å²) in [4.78, 5) is 13.8. The van der Waals surface area contributed by atoms with Gasteiger partial charge in [-0.2, -0.15) is 0 Å². The third-order valence-electron chi connectivity index (χ3n) is 3.23. The molecule has 2 atom stereocenters. The van der Waals surface area contributed by atoms with E-state index in [9.17, 15) is 9.50 Å². The van der Waals surface area contributed by atoms with Crippen LogP contribution in [0, 0.1) is 0 Å². The van der Waals surface area contributed by atoms with Crippen LogP contribution in [-0.2, 0) is 0 Å². The van der Waals surface area contributed by atoms with Crippen molar-refractivity contribution in [3.8, 4) is 0 Å². The fourth-order valence-electron chi connectivity index (χ4n) is 2.10. The lowest BCUT2D eigenvalue weighted by atomic mass is 10.2. The first-order valence-corrected chi connectivity index (χ1v) is 6.62.